The number of nitrogens with one attached hydrogen (secondary N) is 2. The van der Waals surface area contributed by atoms with Gasteiger partial charge >= 0.3 is 0 Å². The van der Waals surface area contributed by atoms with E-state index in [1.54, 1.807) is 49.5 Å². The molecule has 0 saturated heterocycles. The predicted octanol–water partition coefficient (Wildman–Crippen LogP) is 3.28. The van der Waals surface area contributed by atoms with Gasteiger partial charge in [-0.2, -0.15) is 0 Å². The molecule has 2 amide bonds. The molecule has 0 aliphatic heterocycles. The fraction of sp³-hybridized carbons (Fsp3) is 0.125. The fourth-order valence-electron chi connectivity index (χ4n) is 1.89. The van der Waals surface area contributed by atoms with E-state index < -0.39 is 0 Å². The lowest BCUT2D eigenvalue weighted by Gasteiger charge is -2.07. The molecule has 0 aliphatic rings. The third-order valence-electron chi connectivity index (χ3n) is 3.02. The lowest BCUT2D eigenvalue weighted by molar-refractivity contribution is 0.0946. The summed E-state index contributed by atoms with van der Waals surface area (Å²) in [6.45, 7) is 0.344. The first-order chi connectivity index (χ1) is 10.5. The summed E-state index contributed by atoms with van der Waals surface area (Å²) in [5, 5.41) is 6.14. The van der Waals surface area contributed by atoms with E-state index in [9.17, 15) is 9.59 Å². The minimum Gasteiger partial charge on any atom is -0.355 e. The Morgan fingerprint density at radius 2 is 1.50 bits per heavy atom. The largest absolute Gasteiger partial charge is 0.355 e. The highest BCUT2D eigenvalue weighted by molar-refractivity contribution is 6.35. The topological polar surface area (TPSA) is 58.2 Å². The second-order valence-corrected chi connectivity index (χ2v) is 5.49. The van der Waals surface area contributed by atoms with Gasteiger partial charge in [0, 0.05) is 34.8 Å². The van der Waals surface area contributed by atoms with Crippen LogP contribution in [-0.2, 0) is 6.54 Å². The maximum Gasteiger partial charge on any atom is 0.251 e. The number of carbonyl (C=O) groups is 2. The van der Waals surface area contributed by atoms with Gasteiger partial charge in [-0.3, -0.25) is 9.59 Å². The van der Waals surface area contributed by atoms with Gasteiger partial charge < -0.3 is 10.6 Å². The number of amides is 2. The van der Waals surface area contributed by atoms with Gasteiger partial charge in [0.05, 0.1) is 0 Å². The highest BCUT2D eigenvalue weighted by Crippen LogP contribution is 2.19. The Morgan fingerprint density at radius 1 is 0.909 bits per heavy atom. The Kier molecular flexibility index (Phi) is 5.41. The van der Waals surface area contributed by atoms with Gasteiger partial charge in [-0.05, 0) is 35.9 Å². The van der Waals surface area contributed by atoms with E-state index in [0.29, 0.717) is 27.7 Å². The predicted molar refractivity (Wildman–Crippen MR) is 87.5 cm³/mol. The summed E-state index contributed by atoms with van der Waals surface area (Å²) in [6.07, 6.45) is 0. The van der Waals surface area contributed by atoms with Crippen molar-refractivity contribution in [3.63, 3.8) is 0 Å². The van der Waals surface area contributed by atoms with Gasteiger partial charge in [0.15, 0.2) is 0 Å². The maximum absolute atomic E-state index is 12.1. The Hall–Kier alpha value is -2.04. The summed E-state index contributed by atoms with van der Waals surface area (Å²) in [4.78, 5) is 23.5. The van der Waals surface area contributed by atoms with Gasteiger partial charge in [0.1, 0.15) is 0 Å². The Balaban J connectivity index is 2.00. The van der Waals surface area contributed by atoms with Crippen molar-refractivity contribution in [3.05, 3.63) is 69.2 Å². The summed E-state index contributed by atoms with van der Waals surface area (Å²) in [7, 11) is 1.58. The van der Waals surface area contributed by atoms with Crippen LogP contribution in [0, 0.1) is 0 Å². The van der Waals surface area contributed by atoms with Gasteiger partial charge in [0.25, 0.3) is 11.8 Å². The molecule has 114 valence electrons. The minimum atomic E-state index is -0.264. The van der Waals surface area contributed by atoms with E-state index >= 15 is 0 Å². The average Bonchev–Trinajstić information content (AvgIpc) is 2.51. The second kappa shape index (κ2) is 7.29. The smallest absolute Gasteiger partial charge is 0.251 e. The number of carbonyl (C=O) groups excluding carboxylic acids is 2. The second-order valence-electron chi connectivity index (χ2n) is 4.62. The summed E-state index contributed by atoms with van der Waals surface area (Å²) in [5.41, 5.74) is 1.85. The first kappa shape index (κ1) is 16.3. The zero-order chi connectivity index (χ0) is 16.1. The van der Waals surface area contributed by atoms with Crippen LogP contribution in [0.5, 0.6) is 0 Å². The van der Waals surface area contributed by atoms with Crippen LogP contribution in [0.3, 0.4) is 0 Å². The minimum absolute atomic E-state index is 0.149. The molecular formula is C16H14Cl2N2O2. The molecule has 0 unspecified atom stereocenters. The maximum atomic E-state index is 12.1. The Morgan fingerprint density at radius 3 is 2.05 bits per heavy atom. The van der Waals surface area contributed by atoms with Crippen LogP contribution in [0.15, 0.2) is 42.5 Å². The van der Waals surface area contributed by atoms with E-state index in [0.717, 1.165) is 5.56 Å². The molecule has 4 nitrogen and oxygen atoms in total. The number of rotatable bonds is 4. The first-order valence-corrected chi connectivity index (χ1v) is 7.30. The van der Waals surface area contributed by atoms with Crippen molar-refractivity contribution in [2.24, 2.45) is 0 Å². The third kappa shape index (κ3) is 4.23. The molecule has 2 aromatic rings. The molecule has 2 aromatic carbocycles. The third-order valence-corrected chi connectivity index (χ3v) is 3.46. The van der Waals surface area contributed by atoms with E-state index in [2.05, 4.69) is 10.6 Å². The normalized spacial score (nSPS) is 10.1. The van der Waals surface area contributed by atoms with Crippen LogP contribution >= 0.6 is 23.2 Å². The SMILES string of the molecule is CNC(=O)c1ccc(CNC(=O)c2cc(Cl)cc(Cl)c2)cc1. The van der Waals surface area contributed by atoms with Crippen LogP contribution in [0.1, 0.15) is 26.3 Å². The van der Waals surface area contributed by atoms with Crippen molar-refractivity contribution in [3.8, 4) is 0 Å². The van der Waals surface area contributed by atoms with E-state index in [4.69, 9.17) is 23.2 Å². The zero-order valence-corrected chi connectivity index (χ0v) is 13.3. The molecule has 2 rings (SSSR count). The van der Waals surface area contributed by atoms with Gasteiger partial charge in [0.2, 0.25) is 0 Å². The number of benzene rings is 2. The number of hydrogen-bond donors (Lipinski definition) is 2. The van der Waals surface area contributed by atoms with Crippen LogP contribution in [-0.4, -0.2) is 18.9 Å². The van der Waals surface area contributed by atoms with Crippen molar-refractivity contribution in [1.82, 2.24) is 10.6 Å². The summed E-state index contributed by atoms with van der Waals surface area (Å²) in [6, 6.07) is 11.7. The zero-order valence-electron chi connectivity index (χ0n) is 11.8. The summed E-state index contributed by atoms with van der Waals surface area (Å²) < 4.78 is 0. The van der Waals surface area contributed by atoms with Crippen molar-refractivity contribution in [1.29, 1.82) is 0 Å². The molecule has 0 saturated carbocycles. The Bertz CT molecular complexity index is 680. The summed E-state index contributed by atoms with van der Waals surface area (Å²) in [5.74, 6) is -0.413. The monoisotopic (exact) mass is 336 g/mol. The first-order valence-electron chi connectivity index (χ1n) is 6.55. The van der Waals surface area contributed by atoms with Crippen LogP contribution in [0.25, 0.3) is 0 Å². The van der Waals surface area contributed by atoms with Gasteiger partial charge in [-0.25, -0.2) is 0 Å². The lowest BCUT2D eigenvalue weighted by atomic mass is 10.1. The van der Waals surface area contributed by atoms with Crippen molar-refractivity contribution in [2.45, 2.75) is 6.54 Å². The van der Waals surface area contributed by atoms with Crippen molar-refractivity contribution < 1.29 is 9.59 Å². The van der Waals surface area contributed by atoms with Crippen molar-refractivity contribution in [2.75, 3.05) is 7.05 Å². The molecule has 0 atom stereocenters. The van der Waals surface area contributed by atoms with E-state index in [1.165, 1.54) is 0 Å². The van der Waals surface area contributed by atoms with Gasteiger partial charge in [-0.1, -0.05) is 35.3 Å². The molecule has 0 bridgehead atoms. The highest BCUT2D eigenvalue weighted by Gasteiger charge is 2.08. The lowest BCUT2D eigenvalue weighted by Crippen LogP contribution is -2.23. The molecule has 6 heteroatoms. The standard InChI is InChI=1S/C16H14Cl2N2O2/c1-19-15(21)11-4-2-10(3-5-11)9-20-16(22)12-6-13(17)8-14(18)7-12/h2-8H,9H2,1H3,(H,19,21)(H,20,22). The van der Waals surface area contributed by atoms with E-state index in [-0.39, 0.29) is 11.8 Å². The molecule has 0 heterocycles. The van der Waals surface area contributed by atoms with Crippen LogP contribution in [0.2, 0.25) is 10.0 Å². The van der Waals surface area contributed by atoms with Gasteiger partial charge in [-0.15, -0.1) is 0 Å². The molecule has 0 aliphatic carbocycles. The summed E-state index contributed by atoms with van der Waals surface area (Å²) >= 11 is 11.7. The molecule has 22 heavy (non-hydrogen) atoms. The molecule has 0 radical (unpaired) electrons. The number of hydrogen-bond acceptors (Lipinski definition) is 2. The van der Waals surface area contributed by atoms with E-state index in [1.807, 2.05) is 0 Å². The van der Waals surface area contributed by atoms with Crippen LogP contribution in [0.4, 0.5) is 0 Å². The Labute approximate surface area is 138 Å². The average molecular weight is 337 g/mol. The fourth-order valence-corrected chi connectivity index (χ4v) is 2.41. The highest BCUT2D eigenvalue weighted by atomic mass is 35.5. The molecule has 0 aromatic heterocycles. The molecule has 0 spiro atoms. The molecule has 2 N–H and O–H groups in total. The molecular weight excluding hydrogens is 323 g/mol. The molecule has 0 fully saturated rings. The van der Waals surface area contributed by atoms with Crippen LogP contribution < -0.4 is 10.6 Å². The van der Waals surface area contributed by atoms with Crippen molar-refractivity contribution >= 4 is 35.0 Å². The quantitative estimate of drug-likeness (QED) is 0.900. The number of halogens is 2.